The van der Waals surface area contributed by atoms with Gasteiger partial charge in [0.1, 0.15) is 11.3 Å². The van der Waals surface area contributed by atoms with Crippen molar-refractivity contribution in [1.82, 2.24) is 9.88 Å². The summed E-state index contributed by atoms with van der Waals surface area (Å²) < 4.78 is 11.0. The first-order chi connectivity index (χ1) is 13.2. The molecule has 1 aliphatic heterocycles. The minimum absolute atomic E-state index is 0.0269. The van der Waals surface area contributed by atoms with Crippen LogP contribution in [-0.4, -0.2) is 54.3 Å². The second kappa shape index (κ2) is 8.86. The number of para-hydroxylation sites is 1. The number of methoxy groups -OCH3 is 1. The summed E-state index contributed by atoms with van der Waals surface area (Å²) in [5.41, 5.74) is 0.104. The summed E-state index contributed by atoms with van der Waals surface area (Å²) in [5, 5.41) is 10.1. The highest BCUT2D eigenvalue weighted by molar-refractivity contribution is 5.96. The van der Waals surface area contributed by atoms with Gasteiger partial charge in [0.25, 0.3) is 5.91 Å². The molecule has 1 atom stereocenters. The highest BCUT2D eigenvalue weighted by atomic mass is 16.5. The number of ether oxygens (including phenoxy) is 2. The Morgan fingerprint density at radius 2 is 2.07 bits per heavy atom. The maximum Gasteiger partial charge on any atom is 0.259 e. The van der Waals surface area contributed by atoms with Gasteiger partial charge in [-0.25, -0.2) is 4.98 Å². The zero-order chi connectivity index (χ0) is 19.1. The van der Waals surface area contributed by atoms with Gasteiger partial charge >= 0.3 is 0 Å². The first-order valence-electron chi connectivity index (χ1n) is 9.24. The number of rotatable bonds is 7. The first kappa shape index (κ1) is 19.2. The van der Waals surface area contributed by atoms with E-state index < -0.39 is 0 Å². The zero-order valence-electron chi connectivity index (χ0n) is 15.6. The molecular weight excluding hydrogens is 344 g/mol. The number of carbonyl (C=O) groups excluding carboxylic acids is 1. The van der Waals surface area contributed by atoms with E-state index in [4.69, 9.17) is 9.47 Å². The lowest BCUT2D eigenvalue weighted by Gasteiger charge is -2.42. The van der Waals surface area contributed by atoms with E-state index in [1.807, 2.05) is 30.3 Å². The average Bonchev–Trinajstić information content (AvgIpc) is 2.74. The van der Waals surface area contributed by atoms with Gasteiger partial charge in [0.2, 0.25) is 5.88 Å². The summed E-state index contributed by atoms with van der Waals surface area (Å²) in [6.07, 6.45) is 4.01. The second-order valence-corrected chi connectivity index (χ2v) is 6.96. The molecular formula is C21H26N2O4. The van der Waals surface area contributed by atoms with E-state index in [9.17, 15) is 9.90 Å². The minimum Gasteiger partial charge on any atom is -0.494 e. The van der Waals surface area contributed by atoms with Gasteiger partial charge in [-0.1, -0.05) is 18.2 Å². The highest BCUT2D eigenvalue weighted by Gasteiger charge is 2.37. The van der Waals surface area contributed by atoms with Crippen molar-refractivity contribution in [2.24, 2.45) is 5.41 Å². The second-order valence-electron chi connectivity index (χ2n) is 6.96. The van der Waals surface area contributed by atoms with Crippen LogP contribution in [0.2, 0.25) is 0 Å². The van der Waals surface area contributed by atoms with Crippen LogP contribution in [0, 0.1) is 5.41 Å². The molecule has 1 N–H and O–H groups in total. The fourth-order valence-electron chi connectivity index (χ4n) is 3.58. The van der Waals surface area contributed by atoms with E-state index in [-0.39, 0.29) is 17.9 Å². The van der Waals surface area contributed by atoms with Gasteiger partial charge in [-0.05, 0) is 43.5 Å². The summed E-state index contributed by atoms with van der Waals surface area (Å²) in [6, 6.07) is 13.1. The van der Waals surface area contributed by atoms with Gasteiger partial charge in [0.05, 0.1) is 20.3 Å². The quantitative estimate of drug-likeness (QED) is 0.811. The predicted octanol–water partition coefficient (Wildman–Crippen LogP) is 2.77. The number of piperidine rings is 1. The molecule has 1 saturated heterocycles. The smallest absolute Gasteiger partial charge is 0.259 e. The number of amides is 1. The van der Waals surface area contributed by atoms with Gasteiger partial charge in [-0.2, -0.15) is 0 Å². The van der Waals surface area contributed by atoms with Crippen molar-refractivity contribution in [1.29, 1.82) is 0 Å². The number of hydrogen-bond donors (Lipinski definition) is 1. The summed E-state index contributed by atoms with van der Waals surface area (Å²) in [4.78, 5) is 18.9. The van der Waals surface area contributed by atoms with Crippen molar-refractivity contribution in [3.8, 4) is 11.6 Å². The van der Waals surface area contributed by atoms with Crippen LogP contribution in [-0.2, 0) is 0 Å². The maximum atomic E-state index is 13.0. The lowest BCUT2D eigenvalue weighted by molar-refractivity contribution is 0.0154. The lowest BCUT2D eigenvalue weighted by atomic mass is 9.78. The standard InChI is InChI=1S/C21H26N2O4/c1-26-19-18(9-5-12-22-19)20(25)23-13-6-10-21(15-23,16-24)11-14-27-17-7-3-2-4-8-17/h2-5,7-9,12,24H,6,10-11,13-16H2,1H3/t21-/m1/s1. The number of aliphatic hydroxyl groups excluding tert-OH is 1. The molecule has 1 amide bonds. The van der Waals surface area contributed by atoms with Crippen molar-refractivity contribution in [3.63, 3.8) is 0 Å². The molecule has 6 heteroatoms. The Bertz CT molecular complexity index is 753. The van der Waals surface area contributed by atoms with Gasteiger partial charge in [-0.3, -0.25) is 4.79 Å². The average molecular weight is 370 g/mol. The third kappa shape index (κ3) is 4.57. The van der Waals surface area contributed by atoms with E-state index >= 15 is 0 Å². The number of carbonyl (C=O) groups is 1. The van der Waals surface area contributed by atoms with Gasteiger partial charge in [-0.15, -0.1) is 0 Å². The number of pyridine rings is 1. The Kier molecular flexibility index (Phi) is 6.29. The Labute approximate surface area is 159 Å². The number of benzene rings is 1. The Balaban J connectivity index is 1.66. The molecule has 1 aromatic heterocycles. The SMILES string of the molecule is COc1ncccc1C(=O)N1CCC[C@@](CO)(CCOc2ccccc2)C1. The van der Waals surface area contributed by atoms with E-state index in [0.717, 1.165) is 18.6 Å². The summed E-state index contributed by atoms with van der Waals surface area (Å²) in [7, 11) is 1.51. The fourth-order valence-corrected chi connectivity index (χ4v) is 3.58. The van der Waals surface area contributed by atoms with Crippen LogP contribution in [0.5, 0.6) is 11.6 Å². The molecule has 1 aliphatic rings. The molecule has 0 unspecified atom stereocenters. The van der Waals surface area contributed by atoms with Crippen LogP contribution in [0.1, 0.15) is 29.6 Å². The monoisotopic (exact) mass is 370 g/mol. The van der Waals surface area contributed by atoms with Crippen LogP contribution in [0.3, 0.4) is 0 Å². The molecule has 2 heterocycles. The lowest BCUT2D eigenvalue weighted by Crippen LogP contribution is -2.48. The number of likely N-dealkylation sites (tertiary alicyclic amines) is 1. The molecule has 1 aromatic carbocycles. The Morgan fingerprint density at radius 1 is 1.26 bits per heavy atom. The zero-order valence-corrected chi connectivity index (χ0v) is 15.6. The van der Waals surface area contributed by atoms with Crippen LogP contribution in [0.25, 0.3) is 0 Å². The van der Waals surface area contributed by atoms with E-state index in [2.05, 4.69) is 4.98 Å². The molecule has 0 spiro atoms. The normalized spacial score (nSPS) is 19.6. The van der Waals surface area contributed by atoms with E-state index in [0.29, 0.717) is 37.6 Å². The van der Waals surface area contributed by atoms with Crippen LogP contribution in [0.4, 0.5) is 0 Å². The molecule has 27 heavy (non-hydrogen) atoms. The van der Waals surface area contributed by atoms with E-state index in [1.54, 1.807) is 23.2 Å². The Hall–Kier alpha value is -2.60. The Morgan fingerprint density at radius 3 is 2.81 bits per heavy atom. The van der Waals surface area contributed by atoms with Crippen molar-refractivity contribution in [2.45, 2.75) is 19.3 Å². The van der Waals surface area contributed by atoms with Crippen molar-refractivity contribution < 1.29 is 19.4 Å². The van der Waals surface area contributed by atoms with Gasteiger partial charge in [0, 0.05) is 24.7 Å². The van der Waals surface area contributed by atoms with Crippen LogP contribution < -0.4 is 9.47 Å². The van der Waals surface area contributed by atoms with Crippen molar-refractivity contribution in [2.75, 3.05) is 33.4 Å². The molecule has 144 valence electrons. The van der Waals surface area contributed by atoms with Crippen molar-refractivity contribution in [3.05, 3.63) is 54.2 Å². The molecule has 2 aromatic rings. The number of hydrogen-bond acceptors (Lipinski definition) is 5. The van der Waals surface area contributed by atoms with Crippen molar-refractivity contribution >= 4 is 5.91 Å². The number of aliphatic hydroxyl groups is 1. The van der Waals surface area contributed by atoms with Crippen LogP contribution >= 0.6 is 0 Å². The van der Waals surface area contributed by atoms with Gasteiger partial charge < -0.3 is 19.5 Å². The molecule has 6 nitrogen and oxygen atoms in total. The summed E-state index contributed by atoms with van der Waals surface area (Å²) >= 11 is 0. The number of nitrogens with zero attached hydrogens (tertiary/aromatic N) is 2. The first-order valence-corrected chi connectivity index (χ1v) is 9.24. The summed E-state index contributed by atoms with van der Waals surface area (Å²) in [5.74, 6) is 1.03. The highest BCUT2D eigenvalue weighted by Crippen LogP contribution is 2.34. The van der Waals surface area contributed by atoms with Gasteiger partial charge in [0.15, 0.2) is 0 Å². The third-order valence-electron chi connectivity index (χ3n) is 5.12. The molecule has 0 radical (unpaired) electrons. The summed E-state index contributed by atoms with van der Waals surface area (Å²) in [6.45, 7) is 1.69. The fraction of sp³-hybridized carbons (Fsp3) is 0.429. The molecule has 0 bridgehead atoms. The minimum atomic E-state index is -0.349. The molecule has 1 fully saturated rings. The van der Waals surface area contributed by atoms with Crippen LogP contribution in [0.15, 0.2) is 48.7 Å². The third-order valence-corrected chi connectivity index (χ3v) is 5.12. The molecule has 0 saturated carbocycles. The topological polar surface area (TPSA) is 71.9 Å². The van der Waals surface area contributed by atoms with E-state index in [1.165, 1.54) is 7.11 Å². The maximum absolute atomic E-state index is 13.0. The number of aromatic nitrogens is 1. The molecule has 3 rings (SSSR count). The predicted molar refractivity (Wildman–Crippen MR) is 102 cm³/mol. The molecule has 0 aliphatic carbocycles. The largest absolute Gasteiger partial charge is 0.494 e.